The number of halogens is 1. The SMILES string of the molecule is CC1CCN(C(=O)c2ccc(B(O)O)cc2F)CC1. The molecule has 1 aromatic rings. The zero-order chi connectivity index (χ0) is 14.0. The van der Waals surface area contributed by atoms with E-state index in [0.717, 1.165) is 18.9 Å². The summed E-state index contributed by atoms with van der Waals surface area (Å²) in [7, 11) is -1.73. The highest BCUT2D eigenvalue weighted by molar-refractivity contribution is 6.58. The van der Waals surface area contributed by atoms with E-state index >= 15 is 0 Å². The molecule has 0 aliphatic carbocycles. The number of likely N-dealkylation sites (tertiary alicyclic amines) is 1. The number of hydrogen-bond acceptors (Lipinski definition) is 3. The summed E-state index contributed by atoms with van der Waals surface area (Å²) >= 11 is 0. The molecule has 0 unspecified atom stereocenters. The molecule has 0 spiro atoms. The molecule has 1 aliphatic heterocycles. The summed E-state index contributed by atoms with van der Waals surface area (Å²) in [5.41, 5.74) is 0.0280. The maximum Gasteiger partial charge on any atom is 0.488 e. The van der Waals surface area contributed by atoms with E-state index < -0.39 is 12.9 Å². The van der Waals surface area contributed by atoms with Gasteiger partial charge in [-0.15, -0.1) is 0 Å². The van der Waals surface area contributed by atoms with Crippen LogP contribution >= 0.6 is 0 Å². The summed E-state index contributed by atoms with van der Waals surface area (Å²) < 4.78 is 13.8. The normalized spacial score (nSPS) is 16.5. The molecule has 19 heavy (non-hydrogen) atoms. The van der Waals surface area contributed by atoms with Crippen LogP contribution in [0.3, 0.4) is 0 Å². The summed E-state index contributed by atoms with van der Waals surface area (Å²) in [5.74, 6) is -0.446. The van der Waals surface area contributed by atoms with Crippen molar-refractivity contribution in [3.05, 3.63) is 29.6 Å². The monoisotopic (exact) mass is 265 g/mol. The van der Waals surface area contributed by atoms with Crippen LogP contribution in [0.1, 0.15) is 30.1 Å². The van der Waals surface area contributed by atoms with Crippen molar-refractivity contribution >= 4 is 18.5 Å². The van der Waals surface area contributed by atoms with Crippen LogP contribution < -0.4 is 5.46 Å². The van der Waals surface area contributed by atoms with Crippen LogP contribution in [0.4, 0.5) is 4.39 Å². The van der Waals surface area contributed by atoms with E-state index in [9.17, 15) is 9.18 Å². The Morgan fingerprint density at radius 3 is 2.53 bits per heavy atom. The molecule has 0 radical (unpaired) electrons. The van der Waals surface area contributed by atoms with Gasteiger partial charge >= 0.3 is 7.12 Å². The van der Waals surface area contributed by atoms with Gasteiger partial charge in [-0.25, -0.2) is 4.39 Å². The maximum atomic E-state index is 13.8. The summed E-state index contributed by atoms with van der Waals surface area (Å²) in [6.07, 6.45) is 1.86. The molecule has 1 heterocycles. The first kappa shape index (κ1) is 14.0. The van der Waals surface area contributed by atoms with Gasteiger partial charge in [-0.05, 0) is 36.4 Å². The van der Waals surface area contributed by atoms with Gasteiger partial charge in [0.25, 0.3) is 5.91 Å². The standard InChI is InChI=1S/C13H17BFNO3/c1-9-4-6-16(7-5-9)13(17)11-3-2-10(14(18)19)8-12(11)15/h2-3,8-9,18-19H,4-7H2,1H3. The van der Waals surface area contributed by atoms with E-state index in [2.05, 4.69) is 6.92 Å². The van der Waals surface area contributed by atoms with Crippen LogP contribution in [-0.4, -0.2) is 41.1 Å². The predicted octanol–water partition coefficient (Wildman–Crippen LogP) is 0.378. The lowest BCUT2D eigenvalue weighted by Gasteiger charge is -2.30. The van der Waals surface area contributed by atoms with Crippen molar-refractivity contribution in [1.29, 1.82) is 0 Å². The van der Waals surface area contributed by atoms with E-state index in [0.29, 0.717) is 19.0 Å². The average Bonchev–Trinajstić information content (AvgIpc) is 2.38. The summed E-state index contributed by atoms with van der Waals surface area (Å²) in [6.45, 7) is 3.42. The van der Waals surface area contributed by atoms with Crippen molar-refractivity contribution in [2.45, 2.75) is 19.8 Å². The van der Waals surface area contributed by atoms with E-state index in [1.807, 2.05) is 0 Å². The van der Waals surface area contributed by atoms with Crippen LogP contribution in [0.2, 0.25) is 0 Å². The second-order valence-electron chi connectivity index (χ2n) is 5.09. The zero-order valence-corrected chi connectivity index (χ0v) is 10.8. The van der Waals surface area contributed by atoms with Crippen molar-refractivity contribution in [3.8, 4) is 0 Å². The number of benzene rings is 1. The summed E-state index contributed by atoms with van der Waals surface area (Å²) in [6, 6.07) is 3.66. The van der Waals surface area contributed by atoms with Crippen LogP contribution in [0.15, 0.2) is 18.2 Å². The van der Waals surface area contributed by atoms with Crippen LogP contribution in [0.25, 0.3) is 0 Å². The molecule has 1 aliphatic rings. The number of piperidine rings is 1. The van der Waals surface area contributed by atoms with E-state index in [-0.39, 0.29) is 16.9 Å². The van der Waals surface area contributed by atoms with E-state index in [1.165, 1.54) is 12.1 Å². The molecule has 1 saturated heterocycles. The number of rotatable bonds is 2. The van der Waals surface area contributed by atoms with E-state index in [4.69, 9.17) is 10.0 Å². The van der Waals surface area contributed by atoms with Gasteiger partial charge in [0.15, 0.2) is 0 Å². The van der Waals surface area contributed by atoms with Gasteiger partial charge in [0.05, 0.1) is 5.56 Å². The van der Waals surface area contributed by atoms with Crippen LogP contribution in [0, 0.1) is 11.7 Å². The molecule has 0 bridgehead atoms. The second-order valence-corrected chi connectivity index (χ2v) is 5.09. The lowest BCUT2D eigenvalue weighted by Crippen LogP contribution is -2.38. The fourth-order valence-electron chi connectivity index (χ4n) is 2.25. The highest BCUT2D eigenvalue weighted by Gasteiger charge is 2.24. The molecular weight excluding hydrogens is 248 g/mol. The minimum absolute atomic E-state index is 0.0149. The highest BCUT2D eigenvalue weighted by Crippen LogP contribution is 2.19. The molecule has 2 rings (SSSR count). The van der Waals surface area contributed by atoms with Gasteiger partial charge in [0.2, 0.25) is 0 Å². The molecule has 0 aromatic heterocycles. The third-order valence-electron chi connectivity index (χ3n) is 3.59. The Morgan fingerprint density at radius 1 is 1.37 bits per heavy atom. The molecular formula is C13H17BFNO3. The minimum Gasteiger partial charge on any atom is -0.423 e. The Morgan fingerprint density at radius 2 is 2.00 bits per heavy atom. The fraction of sp³-hybridized carbons (Fsp3) is 0.462. The minimum atomic E-state index is -1.73. The Hall–Kier alpha value is -1.40. The molecule has 1 aromatic carbocycles. The zero-order valence-electron chi connectivity index (χ0n) is 10.8. The summed E-state index contributed by atoms with van der Waals surface area (Å²) in [4.78, 5) is 13.8. The van der Waals surface area contributed by atoms with Crippen molar-refractivity contribution in [2.24, 2.45) is 5.92 Å². The Kier molecular flexibility index (Phi) is 4.22. The number of amides is 1. The molecule has 2 N–H and O–H groups in total. The number of carbonyl (C=O) groups is 1. The van der Waals surface area contributed by atoms with Gasteiger partial charge in [0.1, 0.15) is 5.82 Å². The first-order valence-corrected chi connectivity index (χ1v) is 6.44. The summed E-state index contributed by atoms with van der Waals surface area (Å²) in [5, 5.41) is 17.9. The van der Waals surface area contributed by atoms with Gasteiger partial charge in [-0.2, -0.15) is 0 Å². The lowest BCUT2D eigenvalue weighted by atomic mass is 9.80. The Balaban J connectivity index is 2.15. The van der Waals surface area contributed by atoms with Crippen molar-refractivity contribution in [2.75, 3.05) is 13.1 Å². The molecule has 0 saturated carbocycles. The van der Waals surface area contributed by atoms with Gasteiger partial charge < -0.3 is 14.9 Å². The van der Waals surface area contributed by atoms with Gasteiger partial charge in [-0.3, -0.25) is 4.79 Å². The molecule has 4 nitrogen and oxygen atoms in total. The topological polar surface area (TPSA) is 60.8 Å². The quantitative estimate of drug-likeness (QED) is 0.760. The fourth-order valence-corrected chi connectivity index (χ4v) is 2.25. The maximum absolute atomic E-state index is 13.8. The number of nitrogens with zero attached hydrogens (tertiary/aromatic N) is 1. The van der Waals surface area contributed by atoms with E-state index in [1.54, 1.807) is 4.90 Å². The van der Waals surface area contributed by atoms with Crippen molar-refractivity contribution in [3.63, 3.8) is 0 Å². The Labute approximate surface area is 112 Å². The van der Waals surface area contributed by atoms with Gasteiger partial charge in [0, 0.05) is 13.1 Å². The Bertz CT molecular complexity index is 473. The third kappa shape index (κ3) is 3.14. The number of carbonyl (C=O) groups excluding carboxylic acids is 1. The molecule has 0 atom stereocenters. The van der Waals surface area contributed by atoms with Crippen molar-refractivity contribution < 1.29 is 19.2 Å². The largest absolute Gasteiger partial charge is 0.488 e. The molecule has 102 valence electrons. The molecule has 1 amide bonds. The molecule has 6 heteroatoms. The third-order valence-corrected chi connectivity index (χ3v) is 3.59. The highest BCUT2D eigenvalue weighted by atomic mass is 19.1. The lowest BCUT2D eigenvalue weighted by molar-refractivity contribution is 0.0692. The first-order valence-electron chi connectivity index (χ1n) is 6.44. The smallest absolute Gasteiger partial charge is 0.423 e. The predicted molar refractivity (Wildman–Crippen MR) is 70.5 cm³/mol. The van der Waals surface area contributed by atoms with Crippen LogP contribution in [0.5, 0.6) is 0 Å². The van der Waals surface area contributed by atoms with Gasteiger partial charge in [-0.1, -0.05) is 13.0 Å². The number of hydrogen-bond donors (Lipinski definition) is 2. The van der Waals surface area contributed by atoms with Crippen LogP contribution in [-0.2, 0) is 0 Å². The average molecular weight is 265 g/mol. The van der Waals surface area contributed by atoms with Crippen molar-refractivity contribution in [1.82, 2.24) is 4.90 Å². The first-order chi connectivity index (χ1) is 8.99. The second kappa shape index (κ2) is 5.71. The molecule has 1 fully saturated rings.